The van der Waals surface area contributed by atoms with E-state index in [-0.39, 0.29) is 0 Å². The average molecular weight is 267 g/mol. The molecule has 0 saturated heterocycles. The van der Waals surface area contributed by atoms with Gasteiger partial charge in [0.1, 0.15) is 15.4 Å². The van der Waals surface area contributed by atoms with E-state index < -0.39 is 0 Å². The molecular formula is C6H2BrCl2N3. The summed E-state index contributed by atoms with van der Waals surface area (Å²) in [5.74, 6) is 0. The number of aromatic nitrogens is 3. The summed E-state index contributed by atoms with van der Waals surface area (Å²) in [4.78, 5) is 7.91. The lowest BCUT2D eigenvalue weighted by Crippen LogP contribution is -1.90. The zero-order valence-corrected chi connectivity index (χ0v) is 8.73. The van der Waals surface area contributed by atoms with E-state index in [1.165, 1.54) is 0 Å². The van der Waals surface area contributed by atoms with E-state index in [9.17, 15) is 0 Å². The molecule has 6 heteroatoms. The van der Waals surface area contributed by atoms with Crippen LogP contribution in [0.15, 0.2) is 16.9 Å². The van der Waals surface area contributed by atoms with Crippen molar-refractivity contribution in [1.29, 1.82) is 0 Å². The molecule has 0 atom stereocenters. The van der Waals surface area contributed by atoms with Gasteiger partial charge in [0.2, 0.25) is 5.28 Å². The first-order chi connectivity index (χ1) is 5.68. The molecule has 0 aromatic carbocycles. The molecule has 0 radical (unpaired) electrons. The smallest absolute Gasteiger partial charge is 0.210 e. The normalized spacial score (nSPS) is 10.9. The van der Waals surface area contributed by atoms with Crippen molar-refractivity contribution >= 4 is 44.8 Å². The van der Waals surface area contributed by atoms with Crippen molar-refractivity contribution in [2.24, 2.45) is 0 Å². The molecule has 2 aromatic heterocycles. The van der Waals surface area contributed by atoms with Gasteiger partial charge >= 0.3 is 0 Å². The van der Waals surface area contributed by atoms with Crippen molar-refractivity contribution in [3.8, 4) is 0 Å². The fourth-order valence-corrected chi connectivity index (χ4v) is 1.95. The molecule has 0 bridgehead atoms. The third kappa shape index (κ3) is 1.20. The van der Waals surface area contributed by atoms with Crippen LogP contribution in [0.2, 0.25) is 10.4 Å². The summed E-state index contributed by atoms with van der Waals surface area (Å²) in [5.41, 5.74) is 0.673. The first kappa shape index (κ1) is 8.29. The minimum atomic E-state index is 0.293. The third-order valence-corrected chi connectivity index (χ3v) is 2.38. The number of nitrogens with zero attached hydrogens (tertiary/aromatic N) is 3. The monoisotopic (exact) mass is 265 g/mol. The van der Waals surface area contributed by atoms with Crippen molar-refractivity contribution in [3.05, 3.63) is 27.3 Å². The molecule has 0 aliphatic rings. The molecule has 0 amide bonds. The van der Waals surface area contributed by atoms with E-state index in [1.807, 2.05) is 0 Å². The molecule has 0 unspecified atom stereocenters. The molecule has 0 saturated carbocycles. The predicted octanol–water partition coefficient (Wildman–Crippen LogP) is 2.80. The quantitative estimate of drug-likeness (QED) is 0.542. The molecule has 62 valence electrons. The van der Waals surface area contributed by atoms with Crippen LogP contribution in [0.3, 0.4) is 0 Å². The second kappa shape index (κ2) is 2.87. The molecule has 0 fully saturated rings. The van der Waals surface area contributed by atoms with E-state index in [2.05, 4.69) is 25.9 Å². The Bertz CT molecular complexity index is 440. The Balaban J connectivity index is 2.93. The van der Waals surface area contributed by atoms with Gasteiger partial charge in [0.05, 0.1) is 6.20 Å². The van der Waals surface area contributed by atoms with Gasteiger partial charge in [0.25, 0.3) is 0 Å². The highest BCUT2D eigenvalue weighted by Crippen LogP contribution is 2.20. The zero-order valence-electron chi connectivity index (χ0n) is 5.63. The fraction of sp³-hybridized carbons (Fsp3) is 0. The summed E-state index contributed by atoms with van der Waals surface area (Å²) < 4.78 is 2.40. The SMILES string of the molecule is Clc1cc2ncc(Br)n2c(Cl)n1. The second-order valence-corrected chi connectivity index (χ2v) is 3.66. The number of hydrogen-bond donors (Lipinski definition) is 0. The molecule has 2 aromatic rings. The summed E-state index contributed by atoms with van der Waals surface area (Å²) in [7, 11) is 0. The maximum atomic E-state index is 5.81. The van der Waals surface area contributed by atoms with Gasteiger partial charge < -0.3 is 0 Å². The minimum absolute atomic E-state index is 0.293. The maximum absolute atomic E-state index is 5.81. The average Bonchev–Trinajstić information content (AvgIpc) is 2.31. The van der Waals surface area contributed by atoms with Crippen LogP contribution >= 0.6 is 39.1 Å². The van der Waals surface area contributed by atoms with Gasteiger partial charge in [-0.3, -0.25) is 4.40 Å². The van der Waals surface area contributed by atoms with E-state index in [1.54, 1.807) is 16.7 Å². The van der Waals surface area contributed by atoms with Gasteiger partial charge in [-0.05, 0) is 27.5 Å². The van der Waals surface area contributed by atoms with E-state index in [4.69, 9.17) is 23.2 Å². The van der Waals surface area contributed by atoms with Gasteiger partial charge in [0, 0.05) is 6.07 Å². The summed E-state index contributed by atoms with van der Waals surface area (Å²) in [5, 5.41) is 0.632. The Labute approximate surface area is 86.5 Å². The Morgan fingerprint density at radius 1 is 1.42 bits per heavy atom. The molecule has 3 nitrogen and oxygen atoms in total. The lowest BCUT2D eigenvalue weighted by molar-refractivity contribution is 1.07. The lowest BCUT2D eigenvalue weighted by Gasteiger charge is -1.97. The highest BCUT2D eigenvalue weighted by molar-refractivity contribution is 9.10. The lowest BCUT2D eigenvalue weighted by atomic mass is 10.6. The van der Waals surface area contributed by atoms with Crippen LogP contribution in [0.25, 0.3) is 5.65 Å². The minimum Gasteiger partial charge on any atom is -0.261 e. The topological polar surface area (TPSA) is 30.2 Å². The van der Waals surface area contributed by atoms with Crippen LogP contribution in [-0.4, -0.2) is 14.4 Å². The molecule has 0 N–H and O–H groups in total. The molecule has 0 spiro atoms. The van der Waals surface area contributed by atoms with E-state index >= 15 is 0 Å². The van der Waals surface area contributed by atoms with Crippen LogP contribution < -0.4 is 0 Å². The molecule has 12 heavy (non-hydrogen) atoms. The summed E-state index contributed by atoms with van der Waals surface area (Å²) in [6.45, 7) is 0. The molecule has 0 aliphatic carbocycles. The number of rotatable bonds is 0. The van der Waals surface area contributed by atoms with Crippen LogP contribution in [0.4, 0.5) is 0 Å². The highest BCUT2D eigenvalue weighted by atomic mass is 79.9. The Morgan fingerprint density at radius 3 is 2.92 bits per heavy atom. The van der Waals surface area contributed by atoms with Crippen LogP contribution in [0, 0.1) is 0 Å². The fourth-order valence-electron chi connectivity index (χ4n) is 0.906. The number of imidazole rings is 1. The Hall–Kier alpha value is -0.320. The Morgan fingerprint density at radius 2 is 2.17 bits per heavy atom. The molecule has 2 heterocycles. The maximum Gasteiger partial charge on any atom is 0.210 e. The first-order valence-corrected chi connectivity index (χ1v) is 4.58. The zero-order chi connectivity index (χ0) is 8.72. The van der Waals surface area contributed by atoms with Gasteiger partial charge in [-0.2, -0.15) is 0 Å². The van der Waals surface area contributed by atoms with Crippen LogP contribution in [0.1, 0.15) is 0 Å². The second-order valence-electron chi connectivity index (χ2n) is 2.12. The van der Waals surface area contributed by atoms with Crippen molar-refractivity contribution < 1.29 is 0 Å². The molecule has 0 aliphatic heterocycles. The number of halogens is 3. The van der Waals surface area contributed by atoms with Gasteiger partial charge in [-0.15, -0.1) is 0 Å². The van der Waals surface area contributed by atoms with Gasteiger partial charge in [0.15, 0.2) is 0 Å². The summed E-state index contributed by atoms with van der Waals surface area (Å²) >= 11 is 14.8. The first-order valence-electron chi connectivity index (χ1n) is 3.03. The van der Waals surface area contributed by atoms with Gasteiger partial charge in [-0.1, -0.05) is 11.6 Å². The van der Waals surface area contributed by atoms with Crippen molar-refractivity contribution in [2.45, 2.75) is 0 Å². The summed E-state index contributed by atoms with van der Waals surface area (Å²) in [6.07, 6.45) is 1.64. The Kier molecular flexibility index (Phi) is 1.98. The molecule has 2 rings (SSSR count). The predicted molar refractivity (Wildman–Crippen MR) is 50.7 cm³/mol. The van der Waals surface area contributed by atoms with E-state index in [0.717, 1.165) is 4.60 Å². The third-order valence-electron chi connectivity index (χ3n) is 1.38. The number of hydrogen-bond acceptors (Lipinski definition) is 2. The van der Waals surface area contributed by atoms with Gasteiger partial charge in [-0.25, -0.2) is 9.97 Å². The van der Waals surface area contributed by atoms with Crippen LogP contribution in [0.5, 0.6) is 0 Å². The van der Waals surface area contributed by atoms with E-state index in [0.29, 0.717) is 16.1 Å². The largest absolute Gasteiger partial charge is 0.261 e. The summed E-state index contributed by atoms with van der Waals surface area (Å²) in [6, 6.07) is 1.64. The van der Waals surface area contributed by atoms with Crippen molar-refractivity contribution in [1.82, 2.24) is 14.4 Å². The number of fused-ring (bicyclic) bond motifs is 1. The van der Waals surface area contributed by atoms with Crippen LogP contribution in [-0.2, 0) is 0 Å². The van der Waals surface area contributed by atoms with Crippen molar-refractivity contribution in [3.63, 3.8) is 0 Å². The standard InChI is InChI=1S/C6H2BrCl2N3/c7-3-2-10-5-1-4(8)11-6(9)12(3)5/h1-2H. The van der Waals surface area contributed by atoms with Crippen molar-refractivity contribution in [2.75, 3.05) is 0 Å². The highest BCUT2D eigenvalue weighted by Gasteiger charge is 2.06. The molecular weight excluding hydrogens is 265 g/mol.